The third-order valence-electron chi connectivity index (χ3n) is 4.49. The van der Waals surface area contributed by atoms with Crippen LogP contribution in [0.1, 0.15) is 5.56 Å². The molecule has 0 atom stereocenters. The number of hydrogen-bond acceptors (Lipinski definition) is 6. The Morgan fingerprint density at radius 1 is 1.23 bits per heavy atom. The molecular weight excluding hydrogens is 454 g/mol. The number of halogens is 1. The van der Waals surface area contributed by atoms with Crippen LogP contribution in [0.2, 0.25) is 5.02 Å². The molecule has 31 heavy (non-hydrogen) atoms. The molecule has 0 unspecified atom stereocenters. The Labute approximate surface area is 191 Å². The quantitative estimate of drug-likeness (QED) is 0.317. The zero-order valence-corrected chi connectivity index (χ0v) is 18.9. The molecule has 4 rings (SSSR count). The van der Waals surface area contributed by atoms with Crippen molar-refractivity contribution in [1.29, 1.82) is 0 Å². The summed E-state index contributed by atoms with van der Waals surface area (Å²) in [5.41, 5.74) is 2.05. The number of nitrogens with zero attached hydrogens (tertiary/aromatic N) is 2. The number of amides is 1. The van der Waals surface area contributed by atoms with E-state index in [1.807, 2.05) is 29.6 Å². The van der Waals surface area contributed by atoms with Crippen LogP contribution in [0, 0.1) is 0 Å². The van der Waals surface area contributed by atoms with Crippen molar-refractivity contribution in [3.63, 3.8) is 0 Å². The van der Waals surface area contributed by atoms with Crippen molar-refractivity contribution in [3.05, 3.63) is 80.9 Å². The first-order valence-corrected chi connectivity index (χ1v) is 11.6. The predicted octanol–water partition coefficient (Wildman–Crippen LogP) is 4.52. The zero-order chi connectivity index (χ0) is 21.8. The van der Waals surface area contributed by atoms with Gasteiger partial charge in [-0.05, 0) is 53.4 Å². The summed E-state index contributed by atoms with van der Waals surface area (Å²) in [6.45, 7) is 0.386. The second kappa shape index (κ2) is 9.55. The van der Waals surface area contributed by atoms with E-state index in [4.69, 9.17) is 16.3 Å². The topological polar surface area (TPSA) is 73.2 Å². The number of carbonyl (C=O) groups excluding carboxylic acids is 1. The van der Waals surface area contributed by atoms with E-state index in [2.05, 4.69) is 10.3 Å². The molecule has 0 aliphatic rings. The molecule has 1 N–H and O–H groups in total. The summed E-state index contributed by atoms with van der Waals surface area (Å²) in [6, 6.07) is 16.3. The number of nitrogens with one attached hydrogen (secondary N) is 1. The Kier molecular flexibility index (Phi) is 6.60. The number of rotatable bonds is 7. The number of hydrogen-bond donors (Lipinski definition) is 1. The van der Waals surface area contributed by atoms with Gasteiger partial charge in [-0.25, -0.2) is 4.98 Å². The van der Waals surface area contributed by atoms with E-state index in [0.29, 0.717) is 32.6 Å². The smallest absolute Gasteiger partial charge is 0.276 e. The predicted molar refractivity (Wildman–Crippen MR) is 126 cm³/mol. The van der Waals surface area contributed by atoms with Gasteiger partial charge in [-0.1, -0.05) is 35.5 Å². The van der Waals surface area contributed by atoms with Crippen molar-refractivity contribution < 1.29 is 9.53 Å². The second-order valence-corrected chi connectivity index (χ2v) is 8.86. The molecule has 158 valence electrons. The minimum atomic E-state index is -0.165. The largest absolute Gasteiger partial charge is 0.497 e. The summed E-state index contributed by atoms with van der Waals surface area (Å²) >= 11 is 8.56. The number of aromatic nitrogens is 2. The van der Waals surface area contributed by atoms with E-state index < -0.39 is 0 Å². The van der Waals surface area contributed by atoms with Gasteiger partial charge in [-0.15, -0.1) is 11.3 Å². The molecule has 6 nitrogen and oxygen atoms in total. The minimum Gasteiger partial charge on any atom is -0.497 e. The molecular formula is C22H18ClN3O3S2. The SMILES string of the molecule is COc1cccc(CNC(=O)CSc2nc3ccsc3c(=O)n2-c2ccc(Cl)cc2)c1. The van der Waals surface area contributed by atoms with Crippen molar-refractivity contribution in [2.75, 3.05) is 12.9 Å². The van der Waals surface area contributed by atoms with Crippen LogP contribution in [0.4, 0.5) is 0 Å². The fourth-order valence-electron chi connectivity index (χ4n) is 2.97. The lowest BCUT2D eigenvalue weighted by Crippen LogP contribution is -2.26. The Morgan fingerprint density at radius 2 is 2.03 bits per heavy atom. The molecule has 0 radical (unpaired) electrons. The van der Waals surface area contributed by atoms with Crippen molar-refractivity contribution >= 4 is 50.8 Å². The van der Waals surface area contributed by atoms with Gasteiger partial charge in [0.05, 0.1) is 24.1 Å². The van der Waals surface area contributed by atoms with Crippen LogP contribution in [0.15, 0.2) is 69.9 Å². The van der Waals surface area contributed by atoms with Crippen LogP contribution < -0.4 is 15.6 Å². The maximum atomic E-state index is 13.1. The highest BCUT2D eigenvalue weighted by Gasteiger charge is 2.15. The Balaban J connectivity index is 1.53. The third kappa shape index (κ3) is 4.92. The number of ether oxygens (including phenoxy) is 1. The van der Waals surface area contributed by atoms with Gasteiger partial charge in [0, 0.05) is 11.6 Å². The molecule has 0 bridgehead atoms. The summed E-state index contributed by atoms with van der Waals surface area (Å²) in [7, 11) is 1.60. The van der Waals surface area contributed by atoms with Gasteiger partial charge in [0.1, 0.15) is 10.4 Å². The average molecular weight is 472 g/mol. The molecule has 4 aromatic rings. The summed E-state index contributed by atoms with van der Waals surface area (Å²) in [5, 5.41) is 5.75. The van der Waals surface area contributed by atoms with Crippen LogP contribution in [-0.4, -0.2) is 28.3 Å². The van der Waals surface area contributed by atoms with E-state index in [1.54, 1.807) is 37.4 Å². The fraction of sp³-hybridized carbons (Fsp3) is 0.136. The van der Waals surface area contributed by atoms with E-state index in [-0.39, 0.29) is 17.2 Å². The lowest BCUT2D eigenvalue weighted by atomic mass is 10.2. The van der Waals surface area contributed by atoms with Crippen molar-refractivity contribution in [2.45, 2.75) is 11.7 Å². The maximum absolute atomic E-state index is 13.1. The molecule has 0 aliphatic heterocycles. The summed E-state index contributed by atoms with van der Waals surface area (Å²) in [6.07, 6.45) is 0. The summed E-state index contributed by atoms with van der Waals surface area (Å²) < 4.78 is 7.30. The van der Waals surface area contributed by atoms with Crippen LogP contribution in [0.3, 0.4) is 0 Å². The summed E-state index contributed by atoms with van der Waals surface area (Å²) in [5.74, 6) is 0.705. The normalized spacial score (nSPS) is 10.9. The molecule has 2 heterocycles. The first kappa shape index (κ1) is 21.4. The number of fused-ring (bicyclic) bond motifs is 1. The number of thioether (sulfide) groups is 1. The molecule has 0 fully saturated rings. The molecule has 2 aromatic heterocycles. The Morgan fingerprint density at radius 3 is 2.81 bits per heavy atom. The molecule has 0 spiro atoms. The van der Waals surface area contributed by atoms with E-state index >= 15 is 0 Å². The van der Waals surface area contributed by atoms with Crippen molar-refractivity contribution in [3.8, 4) is 11.4 Å². The molecule has 1 amide bonds. The second-order valence-electron chi connectivity index (χ2n) is 6.56. The molecule has 0 aliphatic carbocycles. The number of methoxy groups -OCH3 is 1. The standard InChI is InChI=1S/C22H18ClN3O3S2/c1-29-17-4-2-3-14(11-17)12-24-19(27)13-31-22-25-18-9-10-30-20(18)21(28)26(22)16-7-5-15(23)6-8-16/h2-11H,12-13H2,1H3,(H,24,27). The number of benzene rings is 2. The highest BCUT2D eigenvalue weighted by Crippen LogP contribution is 2.24. The first-order valence-electron chi connectivity index (χ1n) is 9.34. The number of carbonyl (C=O) groups is 1. The molecule has 0 saturated heterocycles. The zero-order valence-electron chi connectivity index (χ0n) is 16.5. The van der Waals surface area contributed by atoms with Gasteiger partial charge >= 0.3 is 0 Å². The lowest BCUT2D eigenvalue weighted by molar-refractivity contribution is -0.118. The Hall–Kier alpha value is -2.81. The van der Waals surface area contributed by atoms with Gasteiger partial charge in [0.15, 0.2) is 5.16 Å². The lowest BCUT2D eigenvalue weighted by Gasteiger charge is -2.12. The fourth-order valence-corrected chi connectivity index (χ4v) is 4.70. The maximum Gasteiger partial charge on any atom is 0.276 e. The van der Waals surface area contributed by atoms with Crippen molar-refractivity contribution in [1.82, 2.24) is 14.9 Å². The van der Waals surface area contributed by atoms with Gasteiger partial charge in [0.2, 0.25) is 5.91 Å². The van der Waals surface area contributed by atoms with Crippen molar-refractivity contribution in [2.24, 2.45) is 0 Å². The van der Waals surface area contributed by atoms with Crippen LogP contribution in [0.5, 0.6) is 5.75 Å². The monoisotopic (exact) mass is 471 g/mol. The van der Waals surface area contributed by atoms with Crippen LogP contribution >= 0.6 is 34.7 Å². The van der Waals surface area contributed by atoms with Crippen LogP contribution in [-0.2, 0) is 11.3 Å². The summed E-state index contributed by atoms with van der Waals surface area (Å²) in [4.78, 5) is 30.1. The van der Waals surface area contributed by atoms with Gasteiger partial charge < -0.3 is 10.1 Å². The highest BCUT2D eigenvalue weighted by molar-refractivity contribution is 7.99. The van der Waals surface area contributed by atoms with Crippen LogP contribution in [0.25, 0.3) is 15.9 Å². The minimum absolute atomic E-state index is 0.125. The van der Waals surface area contributed by atoms with E-state index in [9.17, 15) is 9.59 Å². The first-order chi connectivity index (χ1) is 15.0. The molecule has 9 heteroatoms. The highest BCUT2D eigenvalue weighted by atomic mass is 35.5. The molecule has 0 saturated carbocycles. The van der Waals surface area contributed by atoms with E-state index in [0.717, 1.165) is 11.3 Å². The van der Waals surface area contributed by atoms with Gasteiger partial charge in [0.25, 0.3) is 5.56 Å². The average Bonchev–Trinajstić information content (AvgIpc) is 3.26. The molecule has 2 aromatic carbocycles. The van der Waals surface area contributed by atoms with Gasteiger partial charge in [-0.2, -0.15) is 0 Å². The Bertz CT molecular complexity index is 1290. The number of thiophene rings is 1. The third-order valence-corrected chi connectivity index (χ3v) is 6.57. The van der Waals surface area contributed by atoms with Gasteiger partial charge in [-0.3, -0.25) is 14.2 Å². The van der Waals surface area contributed by atoms with E-state index in [1.165, 1.54) is 27.7 Å².